The minimum atomic E-state index is -0.774. The van der Waals surface area contributed by atoms with Gasteiger partial charge in [0.25, 0.3) is 11.8 Å². The number of amides is 2. The van der Waals surface area contributed by atoms with E-state index < -0.39 is 17.7 Å². The molecular weight excluding hydrogens is 438 g/mol. The molecule has 5 nitrogen and oxygen atoms in total. The van der Waals surface area contributed by atoms with Crippen molar-refractivity contribution in [2.75, 3.05) is 5.32 Å². The molecule has 0 saturated heterocycles. The molecule has 0 aromatic heterocycles. The predicted molar refractivity (Wildman–Crippen MR) is 117 cm³/mol. The van der Waals surface area contributed by atoms with Crippen LogP contribution in [0.4, 0.5) is 14.5 Å². The van der Waals surface area contributed by atoms with E-state index in [4.69, 9.17) is 16.3 Å². The molecule has 0 spiro atoms. The summed E-state index contributed by atoms with van der Waals surface area (Å²) < 4.78 is 33.0. The van der Waals surface area contributed by atoms with E-state index in [1.54, 1.807) is 49.4 Å². The first kappa shape index (κ1) is 21.8. The molecule has 3 aromatic carbocycles. The van der Waals surface area contributed by atoms with Gasteiger partial charge in [0.2, 0.25) is 0 Å². The number of nitrogens with zero attached hydrogens (tertiary/aromatic N) is 1. The van der Waals surface area contributed by atoms with E-state index in [0.29, 0.717) is 33.1 Å². The van der Waals surface area contributed by atoms with Crippen molar-refractivity contribution in [2.24, 2.45) is 0 Å². The van der Waals surface area contributed by atoms with Crippen molar-refractivity contribution < 1.29 is 23.1 Å². The van der Waals surface area contributed by atoms with Gasteiger partial charge < -0.3 is 15.0 Å². The number of halogens is 3. The number of ether oxygens (including phenoxy) is 1. The number of benzene rings is 3. The lowest BCUT2D eigenvalue weighted by Gasteiger charge is -2.22. The Morgan fingerprint density at radius 3 is 2.47 bits per heavy atom. The van der Waals surface area contributed by atoms with Crippen molar-refractivity contribution >= 4 is 29.1 Å². The second-order valence-electron chi connectivity index (χ2n) is 7.52. The average Bonchev–Trinajstić information content (AvgIpc) is 2.84. The molecule has 3 aromatic rings. The fourth-order valence-electron chi connectivity index (χ4n) is 3.54. The lowest BCUT2D eigenvalue weighted by Crippen LogP contribution is -2.37. The number of rotatable bonds is 4. The van der Waals surface area contributed by atoms with Gasteiger partial charge in [-0.2, -0.15) is 0 Å². The van der Waals surface area contributed by atoms with Crippen molar-refractivity contribution in [2.45, 2.75) is 26.1 Å². The highest BCUT2D eigenvalue weighted by Gasteiger charge is 2.28. The minimum Gasteiger partial charge on any atom is -0.481 e. The van der Waals surface area contributed by atoms with Gasteiger partial charge in [0.1, 0.15) is 17.4 Å². The molecule has 164 valence electrons. The van der Waals surface area contributed by atoms with E-state index in [2.05, 4.69) is 5.32 Å². The zero-order chi connectivity index (χ0) is 22.8. The Kier molecular flexibility index (Phi) is 6.10. The summed E-state index contributed by atoms with van der Waals surface area (Å²) in [5.41, 5.74) is 1.96. The Hall–Kier alpha value is -3.45. The lowest BCUT2D eigenvalue weighted by atomic mass is 10.1. The van der Waals surface area contributed by atoms with E-state index in [1.807, 2.05) is 0 Å². The van der Waals surface area contributed by atoms with Crippen LogP contribution in [0.15, 0.2) is 60.7 Å². The van der Waals surface area contributed by atoms with Gasteiger partial charge in [-0.05, 0) is 67.1 Å². The number of hydrogen-bond acceptors (Lipinski definition) is 3. The molecule has 8 heteroatoms. The summed E-state index contributed by atoms with van der Waals surface area (Å²) in [4.78, 5) is 26.8. The first-order valence-corrected chi connectivity index (χ1v) is 10.3. The van der Waals surface area contributed by atoms with Crippen molar-refractivity contribution in [1.29, 1.82) is 0 Å². The third kappa shape index (κ3) is 4.89. The lowest BCUT2D eigenvalue weighted by molar-refractivity contribution is -0.138. The Bertz CT molecular complexity index is 1160. The molecular formula is C24H19ClF2N2O3. The van der Waals surface area contributed by atoms with E-state index >= 15 is 0 Å². The van der Waals surface area contributed by atoms with Gasteiger partial charge in [-0.25, -0.2) is 8.78 Å². The Morgan fingerprint density at radius 1 is 1.09 bits per heavy atom. The van der Waals surface area contributed by atoms with Crippen LogP contribution in [-0.4, -0.2) is 22.8 Å². The second-order valence-corrected chi connectivity index (χ2v) is 7.95. The standard InChI is InChI=1S/C24H19ClF2N2O3/c1-14-24(31)29(12-15-8-19(26)11-20(27)9-15)13-17-10-21(6-7-22(17)32-14)28-23(30)16-2-4-18(25)5-3-16/h2-11,14H,12-13H2,1H3,(H,28,30). The molecule has 1 atom stereocenters. The zero-order valence-electron chi connectivity index (χ0n) is 17.1. The number of hydrogen-bond donors (Lipinski definition) is 1. The van der Waals surface area contributed by atoms with Gasteiger partial charge in [0.15, 0.2) is 6.10 Å². The van der Waals surface area contributed by atoms with Gasteiger partial charge in [0, 0.05) is 41.0 Å². The normalized spacial score (nSPS) is 15.6. The maximum Gasteiger partial charge on any atom is 0.263 e. The highest BCUT2D eigenvalue weighted by molar-refractivity contribution is 6.30. The Labute approximate surface area is 188 Å². The molecule has 0 bridgehead atoms. The molecule has 2 amide bonds. The summed E-state index contributed by atoms with van der Waals surface area (Å²) in [7, 11) is 0. The van der Waals surface area contributed by atoms with Crippen LogP contribution in [-0.2, 0) is 17.9 Å². The molecule has 0 fully saturated rings. The van der Waals surface area contributed by atoms with Crippen molar-refractivity contribution in [3.8, 4) is 5.75 Å². The molecule has 1 aliphatic rings. The SMILES string of the molecule is CC1Oc2ccc(NC(=O)c3ccc(Cl)cc3)cc2CN(Cc2cc(F)cc(F)c2)C1=O. The van der Waals surface area contributed by atoms with E-state index in [-0.39, 0.29) is 24.9 Å². The summed E-state index contributed by atoms with van der Waals surface area (Å²) in [6, 6.07) is 14.7. The van der Waals surface area contributed by atoms with Gasteiger partial charge in [-0.15, -0.1) is 0 Å². The van der Waals surface area contributed by atoms with Crippen molar-refractivity contribution in [1.82, 2.24) is 4.90 Å². The van der Waals surface area contributed by atoms with E-state index in [9.17, 15) is 18.4 Å². The molecule has 32 heavy (non-hydrogen) atoms. The first-order valence-electron chi connectivity index (χ1n) is 9.89. The molecule has 0 saturated carbocycles. The topological polar surface area (TPSA) is 58.6 Å². The largest absolute Gasteiger partial charge is 0.481 e. The summed E-state index contributed by atoms with van der Waals surface area (Å²) in [5, 5.41) is 3.34. The smallest absolute Gasteiger partial charge is 0.263 e. The van der Waals surface area contributed by atoms with Crippen LogP contribution in [0.2, 0.25) is 5.02 Å². The van der Waals surface area contributed by atoms with Gasteiger partial charge in [-0.1, -0.05) is 11.6 Å². The van der Waals surface area contributed by atoms with Crippen LogP contribution in [0.1, 0.15) is 28.4 Å². The summed E-state index contributed by atoms with van der Waals surface area (Å²) in [5.74, 6) is -1.54. The molecule has 0 aliphatic carbocycles. The maximum absolute atomic E-state index is 13.6. The summed E-state index contributed by atoms with van der Waals surface area (Å²) >= 11 is 5.86. The number of nitrogens with one attached hydrogen (secondary N) is 1. The van der Waals surface area contributed by atoms with Crippen LogP contribution >= 0.6 is 11.6 Å². The summed E-state index contributed by atoms with van der Waals surface area (Å²) in [6.07, 6.45) is -0.774. The number of fused-ring (bicyclic) bond motifs is 1. The highest BCUT2D eigenvalue weighted by Crippen LogP contribution is 2.30. The summed E-state index contributed by atoms with van der Waals surface area (Å²) in [6.45, 7) is 1.79. The zero-order valence-corrected chi connectivity index (χ0v) is 17.8. The predicted octanol–water partition coefficient (Wildman–Crippen LogP) is 5.18. The highest BCUT2D eigenvalue weighted by atomic mass is 35.5. The fourth-order valence-corrected chi connectivity index (χ4v) is 3.66. The third-order valence-corrected chi connectivity index (χ3v) is 5.30. The van der Waals surface area contributed by atoms with Gasteiger partial charge in [0.05, 0.1) is 0 Å². The maximum atomic E-state index is 13.6. The first-order chi connectivity index (χ1) is 15.3. The third-order valence-electron chi connectivity index (χ3n) is 5.04. The van der Waals surface area contributed by atoms with E-state index in [1.165, 1.54) is 17.0 Å². The molecule has 1 heterocycles. The van der Waals surface area contributed by atoms with Crippen LogP contribution in [0.3, 0.4) is 0 Å². The van der Waals surface area contributed by atoms with E-state index in [0.717, 1.165) is 6.07 Å². The van der Waals surface area contributed by atoms with Crippen LogP contribution in [0.25, 0.3) is 0 Å². The monoisotopic (exact) mass is 456 g/mol. The minimum absolute atomic E-state index is 0.0159. The number of carbonyl (C=O) groups excluding carboxylic acids is 2. The molecule has 1 aliphatic heterocycles. The number of carbonyl (C=O) groups is 2. The van der Waals surface area contributed by atoms with Crippen LogP contribution in [0, 0.1) is 11.6 Å². The quantitative estimate of drug-likeness (QED) is 0.588. The Morgan fingerprint density at radius 2 is 1.78 bits per heavy atom. The second kappa shape index (κ2) is 8.96. The van der Waals surface area contributed by atoms with Crippen molar-refractivity contribution in [3.05, 3.63) is 94.0 Å². The molecule has 1 N–H and O–H groups in total. The van der Waals surface area contributed by atoms with Crippen LogP contribution < -0.4 is 10.1 Å². The molecule has 0 radical (unpaired) electrons. The average molecular weight is 457 g/mol. The van der Waals surface area contributed by atoms with Gasteiger partial charge >= 0.3 is 0 Å². The van der Waals surface area contributed by atoms with Gasteiger partial charge in [-0.3, -0.25) is 9.59 Å². The fraction of sp³-hybridized carbons (Fsp3) is 0.167. The number of anilines is 1. The van der Waals surface area contributed by atoms with Crippen LogP contribution in [0.5, 0.6) is 5.75 Å². The molecule has 1 unspecified atom stereocenters. The van der Waals surface area contributed by atoms with Crippen molar-refractivity contribution in [3.63, 3.8) is 0 Å². The molecule has 4 rings (SSSR count). The Balaban J connectivity index is 1.57.